The van der Waals surface area contributed by atoms with Crippen molar-refractivity contribution in [1.82, 2.24) is 14.7 Å². The van der Waals surface area contributed by atoms with Crippen LogP contribution in [0.5, 0.6) is 0 Å². The molecular formula is C15H17ClN4OS. The van der Waals surface area contributed by atoms with Crippen molar-refractivity contribution < 1.29 is 4.79 Å². The van der Waals surface area contributed by atoms with Crippen LogP contribution in [0.3, 0.4) is 0 Å². The number of hydrogen-bond donors (Lipinski definition) is 1. The summed E-state index contributed by atoms with van der Waals surface area (Å²) in [6, 6.07) is 8.04. The van der Waals surface area contributed by atoms with Gasteiger partial charge in [0.2, 0.25) is 11.0 Å². The Morgan fingerprint density at radius 2 is 2.14 bits per heavy atom. The topological polar surface area (TPSA) is 58.1 Å². The van der Waals surface area contributed by atoms with Gasteiger partial charge in [-0.25, -0.2) is 4.98 Å². The first-order valence-electron chi connectivity index (χ1n) is 7.17. The Hall–Kier alpha value is -1.66. The Morgan fingerprint density at radius 1 is 1.41 bits per heavy atom. The molecule has 1 N–H and O–H groups in total. The molecule has 0 unspecified atom stereocenters. The summed E-state index contributed by atoms with van der Waals surface area (Å²) in [4.78, 5) is 18.1. The Balaban J connectivity index is 1.57. The minimum atomic E-state index is 0.0412. The summed E-state index contributed by atoms with van der Waals surface area (Å²) in [5.74, 6) is 0.802. The van der Waals surface area contributed by atoms with Crippen LogP contribution in [-0.2, 0) is 11.2 Å². The van der Waals surface area contributed by atoms with Crippen molar-refractivity contribution in [2.24, 2.45) is 0 Å². The van der Waals surface area contributed by atoms with E-state index in [-0.39, 0.29) is 5.91 Å². The van der Waals surface area contributed by atoms with Crippen LogP contribution >= 0.6 is 23.1 Å². The van der Waals surface area contributed by atoms with Crippen molar-refractivity contribution in [3.8, 4) is 0 Å². The van der Waals surface area contributed by atoms with E-state index in [9.17, 15) is 4.79 Å². The summed E-state index contributed by atoms with van der Waals surface area (Å²) in [6.45, 7) is 0.312. The molecule has 0 spiro atoms. The number of hydrogen-bond acceptors (Lipinski definition) is 5. The number of carbonyl (C=O) groups is 1. The van der Waals surface area contributed by atoms with Gasteiger partial charge in [0.1, 0.15) is 5.82 Å². The van der Waals surface area contributed by atoms with Crippen LogP contribution in [0.2, 0.25) is 5.02 Å². The zero-order valence-corrected chi connectivity index (χ0v) is 13.8. The third-order valence-corrected chi connectivity index (χ3v) is 4.50. The number of nitrogens with one attached hydrogen (secondary N) is 1. The van der Waals surface area contributed by atoms with Gasteiger partial charge in [0.15, 0.2) is 0 Å². The summed E-state index contributed by atoms with van der Waals surface area (Å²) >= 11 is 7.19. The molecule has 1 aromatic heterocycles. The van der Waals surface area contributed by atoms with E-state index in [0.717, 1.165) is 34.4 Å². The van der Waals surface area contributed by atoms with Gasteiger partial charge in [-0.2, -0.15) is 4.37 Å². The van der Waals surface area contributed by atoms with Gasteiger partial charge < -0.3 is 10.2 Å². The second-order valence-corrected chi connectivity index (χ2v) is 6.66. The molecule has 1 amide bonds. The molecule has 1 saturated carbocycles. The highest BCUT2D eigenvalue weighted by Crippen LogP contribution is 2.20. The van der Waals surface area contributed by atoms with Crippen LogP contribution in [-0.4, -0.2) is 34.9 Å². The van der Waals surface area contributed by atoms with Gasteiger partial charge in [-0.05, 0) is 30.5 Å². The molecular weight excluding hydrogens is 320 g/mol. The predicted molar refractivity (Wildman–Crippen MR) is 88.6 cm³/mol. The highest BCUT2D eigenvalue weighted by molar-refractivity contribution is 7.09. The highest BCUT2D eigenvalue weighted by atomic mass is 35.5. The number of anilines is 1. The molecule has 0 saturated heterocycles. The normalized spacial score (nSPS) is 13.9. The average Bonchev–Trinajstić information content (AvgIpc) is 3.16. The van der Waals surface area contributed by atoms with E-state index in [1.54, 1.807) is 0 Å². The van der Waals surface area contributed by atoms with E-state index < -0.39 is 0 Å². The average molecular weight is 337 g/mol. The number of nitrogens with zero attached hydrogens (tertiary/aromatic N) is 3. The van der Waals surface area contributed by atoms with E-state index in [1.807, 2.05) is 36.2 Å². The quantitative estimate of drug-likeness (QED) is 0.880. The lowest BCUT2D eigenvalue weighted by Crippen LogP contribution is -2.36. The van der Waals surface area contributed by atoms with Gasteiger partial charge in [0.05, 0.1) is 6.54 Å². The predicted octanol–water partition coefficient (Wildman–Crippen LogP) is 2.50. The monoisotopic (exact) mass is 336 g/mol. The lowest BCUT2D eigenvalue weighted by atomic mass is 10.1. The number of halogens is 1. The lowest BCUT2D eigenvalue weighted by molar-refractivity contribution is -0.119. The summed E-state index contributed by atoms with van der Waals surface area (Å²) in [5.41, 5.74) is 1.11. The highest BCUT2D eigenvalue weighted by Gasteiger charge is 2.24. The number of benzene rings is 1. The van der Waals surface area contributed by atoms with Crippen LogP contribution in [0, 0.1) is 0 Å². The van der Waals surface area contributed by atoms with Crippen LogP contribution in [0.15, 0.2) is 24.3 Å². The molecule has 7 heteroatoms. The largest absolute Gasteiger partial charge is 0.352 e. The maximum absolute atomic E-state index is 11.8. The smallest absolute Gasteiger partial charge is 0.239 e. The maximum Gasteiger partial charge on any atom is 0.239 e. The minimum absolute atomic E-state index is 0.0412. The van der Waals surface area contributed by atoms with Gasteiger partial charge in [-0.3, -0.25) is 4.79 Å². The standard InChI is InChI=1S/C15H17ClN4OS/c1-20(9-14(21)17-12-6-7-12)15-18-13(19-22-15)8-10-2-4-11(16)5-3-10/h2-5,12H,6-9H2,1H3,(H,17,21). The fourth-order valence-corrected chi connectivity index (χ4v) is 2.81. The summed E-state index contributed by atoms with van der Waals surface area (Å²) in [5, 5.41) is 4.45. The number of amides is 1. The minimum Gasteiger partial charge on any atom is -0.352 e. The number of likely N-dealkylation sites (N-methyl/N-ethyl adjacent to an activating group) is 1. The first-order chi connectivity index (χ1) is 10.6. The third-order valence-electron chi connectivity index (χ3n) is 3.38. The van der Waals surface area contributed by atoms with E-state index in [4.69, 9.17) is 11.6 Å². The number of aromatic nitrogens is 2. The second kappa shape index (κ2) is 6.62. The van der Waals surface area contributed by atoms with Crippen molar-refractivity contribution >= 4 is 34.2 Å². The molecule has 2 aromatic rings. The van der Waals surface area contributed by atoms with Gasteiger partial charge in [-0.15, -0.1) is 0 Å². The van der Waals surface area contributed by atoms with Crippen LogP contribution in [0.1, 0.15) is 24.2 Å². The molecule has 1 fully saturated rings. The van der Waals surface area contributed by atoms with Crippen molar-refractivity contribution in [2.45, 2.75) is 25.3 Å². The first-order valence-corrected chi connectivity index (χ1v) is 8.33. The zero-order valence-electron chi connectivity index (χ0n) is 12.3. The van der Waals surface area contributed by atoms with Crippen molar-refractivity contribution in [3.05, 3.63) is 40.7 Å². The molecule has 5 nitrogen and oxygen atoms in total. The Morgan fingerprint density at radius 3 is 2.82 bits per heavy atom. The van der Waals surface area contributed by atoms with Crippen molar-refractivity contribution in [1.29, 1.82) is 0 Å². The second-order valence-electron chi connectivity index (χ2n) is 5.49. The Kier molecular flexibility index (Phi) is 4.59. The van der Waals surface area contributed by atoms with E-state index in [1.165, 1.54) is 11.5 Å². The summed E-state index contributed by atoms with van der Waals surface area (Å²) in [7, 11) is 1.86. The number of rotatable bonds is 6. The molecule has 1 aliphatic carbocycles. The summed E-state index contributed by atoms with van der Waals surface area (Å²) in [6.07, 6.45) is 2.86. The molecule has 0 radical (unpaired) electrons. The molecule has 22 heavy (non-hydrogen) atoms. The van der Waals surface area contributed by atoms with Crippen molar-refractivity contribution in [3.63, 3.8) is 0 Å². The molecule has 1 heterocycles. The summed E-state index contributed by atoms with van der Waals surface area (Å²) < 4.78 is 4.36. The SMILES string of the molecule is CN(CC(=O)NC1CC1)c1nc(Cc2ccc(Cl)cc2)ns1. The Labute approximate surface area is 138 Å². The van der Waals surface area contributed by atoms with E-state index in [0.29, 0.717) is 19.0 Å². The van der Waals surface area contributed by atoms with Crippen LogP contribution < -0.4 is 10.2 Å². The fraction of sp³-hybridized carbons (Fsp3) is 0.400. The molecule has 116 valence electrons. The number of carbonyl (C=O) groups excluding carboxylic acids is 1. The molecule has 3 rings (SSSR count). The molecule has 0 aliphatic heterocycles. The van der Waals surface area contributed by atoms with Gasteiger partial charge in [0, 0.05) is 36.1 Å². The molecule has 1 aliphatic rings. The van der Waals surface area contributed by atoms with Crippen LogP contribution in [0.4, 0.5) is 5.13 Å². The van der Waals surface area contributed by atoms with Gasteiger partial charge in [0.25, 0.3) is 0 Å². The van der Waals surface area contributed by atoms with Crippen molar-refractivity contribution in [2.75, 3.05) is 18.5 Å². The molecule has 1 aromatic carbocycles. The third kappa shape index (κ3) is 4.18. The Bertz CT molecular complexity index is 654. The zero-order chi connectivity index (χ0) is 15.5. The first kappa shape index (κ1) is 15.2. The molecule has 0 atom stereocenters. The fourth-order valence-electron chi connectivity index (χ4n) is 2.04. The van der Waals surface area contributed by atoms with E-state index >= 15 is 0 Å². The van der Waals surface area contributed by atoms with Crippen LogP contribution in [0.25, 0.3) is 0 Å². The lowest BCUT2D eigenvalue weighted by Gasteiger charge is -2.14. The van der Waals surface area contributed by atoms with E-state index in [2.05, 4.69) is 14.7 Å². The van der Waals surface area contributed by atoms with Gasteiger partial charge >= 0.3 is 0 Å². The van der Waals surface area contributed by atoms with Gasteiger partial charge in [-0.1, -0.05) is 23.7 Å². The maximum atomic E-state index is 11.8. The molecule has 0 bridgehead atoms.